The lowest BCUT2D eigenvalue weighted by Gasteiger charge is -2.26. The molecule has 0 spiro atoms. The van der Waals surface area contributed by atoms with Gasteiger partial charge in [0.25, 0.3) is 0 Å². The molecule has 0 radical (unpaired) electrons. The molecule has 1 N–H and O–H groups in total. The number of hydrogen-bond acceptors (Lipinski definition) is 3. The third kappa shape index (κ3) is 4.25. The van der Waals surface area contributed by atoms with Crippen LogP contribution in [0.4, 0.5) is 0 Å². The van der Waals surface area contributed by atoms with E-state index in [0.717, 1.165) is 44.6 Å². The van der Waals surface area contributed by atoms with Crippen LogP contribution in [-0.2, 0) is 4.79 Å². The minimum absolute atomic E-state index is 0.369. The molecule has 0 amide bonds. The monoisotopic (exact) mass is 236 g/mol. The Morgan fingerprint density at radius 1 is 1.18 bits per heavy atom. The van der Waals surface area contributed by atoms with Gasteiger partial charge in [0.1, 0.15) is 0 Å². The molecule has 0 saturated carbocycles. The second-order valence-electron chi connectivity index (χ2n) is 5.13. The number of piperazine rings is 1. The van der Waals surface area contributed by atoms with Crippen molar-refractivity contribution in [3.05, 3.63) is 11.6 Å². The molecule has 0 aromatic rings. The van der Waals surface area contributed by atoms with Crippen LogP contribution in [0.5, 0.6) is 0 Å². The summed E-state index contributed by atoms with van der Waals surface area (Å²) in [6, 6.07) is 0. The average molecular weight is 236 g/mol. The first-order valence-corrected chi connectivity index (χ1v) is 7.01. The van der Waals surface area contributed by atoms with Crippen molar-refractivity contribution in [2.45, 2.75) is 38.5 Å². The molecule has 0 atom stereocenters. The molecule has 1 fully saturated rings. The maximum atomic E-state index is 12.2. The molecule has 0 aromatic heterocycles. The van der Waals surface area contributed by atoms with Crippen LogP contribution in [0.1, 0.15) is 38.5 Å². The summed E-state index contributed by atoms with van der Waals surface area (Å²) in [4.78, 5) is 14.5. The van der Waals surface area contributed by atoms with E-state index in [4.69, 9.17) is 0 Å². The largest absolute Gasteiger partial charge is 0.314 e. The van der Waals surface area contributed by atoms with E-state index in [1.807, 2.05) is 0 Å². The predicted molar refractivity (Wildman–Crippen MR) is 70.1 cm³/mol. The molecule has 1 aliphatic carbocycles. The average Bonchev–Trinajstić information content (AvgIpc) is 2.29. The summed E-state index contributed by atoms with van der Waals surface area (Å²) < 4.78 is 0. The van der Waals surface area contributed by atoms with E-state index in [-0.39, 0.29) is 0 Å². The van der Waals surface area contributed by atoms with Crippen LogP contribution in [0, 0.1) is 0 Å². The van der Waals surface area contributed by atoms with Crippen molar-refractivity contribution in [2.24, 2.45) is 0 Å². The quantitative estimate of drug-likeness (QED) is 0.810. The summed E-state index contributed by atoms with van der Waals surface area (Å²) in [6.07, 6.45) is 9.37. The van der Waals surface area contributed by atoms with E-state index < -0.39 is 0 Å². The Hall–Kier alpha value is -0.670. The van der Waals surface area contributed by atoms with Crippen LogP contribution in [-0.4, -0.2) is 43.4 Å². The molecule has 0 bridgehead atoms. The summed E-state index contributed by atoms with van der Waals surface area (Å²) >= 11 is 0. The van der Waals surface area contributed by atoms with E-state index in [2.05, 4.69) is 16.3 Å². The number of carbonyl (C=O) groups excluding carboxylic acids is 1. The summed E-state index contributed by atoms with van der Waals surface area (Å²) in [7, 11) is 0. The summed E-state index contributed by atoms with van der Waals surface area (Å²) in [5, 5.41) is 3.32. The zero-order chi connectivity index (χ0) is 11.9. The van der Waals surface area contributed by atoms with Gasteiger partial charge in [-0.15, -0.1) is 0 Å². The molecule has 0 unspecified atom stereocenters. The Morgan fingerprint density at radius 2 is 1.94 bits per heavy atom. The van der Waals surface area contributed by atoms with E-state index in [1.54, 1.807) is 0 Å². The first kappa shape index (κ1) is 12.8. The Balaban J connectivity index is 1.84. The van der Waals surface area contributed by atoms with E-state index in [9.17, 15) is 4.79 Å². The van der Waals surface area contributed by atoms with E-state index in [1.165, 1.54) is 25.7 Å². The molecule has 3 heteroatoms. The minimum atomic E-state index is 0.369. The smallest absolute Gasteiger partial charge is 0.172 e. The molecular weight excluding hydrogens is 212 g/mol. The predicted octanol–water partition coefficient (Wildman–Crippen LogP) is 1.74. The van der Waals surface area contributed by atoms with Gasteiger partial charge in [-0.05, 0) is 31.3 Å². The first-order chi connectivity index (χ1) is 8.36. The molecular formula is C14H24N2O. The number of allylic oxidation sites excluding steroid dienone is 1. The van der Waals surface area contributed by atoms with Crippen LogP contribution in [0.25, 0.3) is 0 Å². The zero-order valence-electron chi connectivity index (χ0n) is 10.7. The third-order valence-electron chi connectivity index (χ3n) is 3.73. The number of hydrogen-bond donors (Lipinski definition) is 1. The van der Waals surface area contributed by atoms with Crippen molar-refractivity contribution in [3.63, 3.8) is 0 Å². The van der Waals surface area contributed by atoms with Crippen molar-refractivity contribution in [1.82, 2.24) is 10.2 Å². The summed E-state index contributed by atoms with van der Waals surface area (Å²) in [5.41, 5.74) is 1.10. The number of nitrogens with zero attached hydrogens (tertiary/aromatic N) is 1. The molecule has 1 saturated heterocycles. The molecule has 1 aliphatic heterocycles. The number of rotatable bonds is 3. The zero-order valence-corrected chi connectivity index (χ0v) is 10.7. The highest BCUT2D eigenvalue weighted by molar-refractivity contribution is 5.96. The van der Waals surface area contributed by atoms with Gasteiger partial charge in [0.15, 0.2) is 5.78 Å². The fraction of sp³-hybridized carbons (Fsp3) is 0.786. The lowest BCUT2D eigenvalue weighted by atomic mass is 9.97. The molecule has 2 aliphatic rings. The van der Waals surface area contributed by atoms with E-state index >= 15 is 0 Å². The van der Waals surface area contributed by atoms with Gasteiger partial charge in [-0.25, -0.2) is 0 Å². The second kappa shape index (κ2) is 6.92. The Bertz CT molecular complexity index is 280. The SMILES string of the molecule is O=C(CN1CCNCC1)C1=CCCCCCC1. The maximum Gasteiger partial charge on any atom is 0.172 e. The van der Waals surface area contributed by atoms with Crippen LogP contribution < -0.4 is 5.32 Å². The number of nitrogens with one attached hydrogen (secondary N) is 1. The Kier molecular flexibility index (Phi) is 5.20. The molecule has 0 aromatic carbocycles. The molecule has 1 heterocycles. The number of ketones is 1. The lowest BCUT2D eigenvalue weighted by Crippen LogP contribution is -2.45. The number of Topliss-reactive ketones (excluding diaryl/α,β-unsaturated/α-hetero) is 1. The lowest BCUT2D eigenvalue weighted by molar-refractivity contribution is -0.117. The van der Waals surface area contributed by atoms with Crippen LogP contribution in [0.15, 0.2) is 11.6 Å². The van der Waals surface area contributed by atoms with Gasteiger partial charge in [-0.1, -0.05) is 18.9 Å². The highest BCUT2D eigenvalue weighted by atomic mass is 16.1. The van der Waals surface area contributed by atoms with Crippen molar-refractivity contribution >= 4 is 5.78 Å². The van der Waals surface area contributed by atoms with Gasteiger partial charge in [0, 0.05) is 26.2 Å². The maximum absolute atomic E-state index is 12.2. The fourth-order valence-electron chi connectivity index (χ4n) is 2.62. The topological polar surface area (TPSA) is 32.3 Å². The highest BCUT2D eigenvalue weighted by Crippen LogP contribution is 2.18. The molecule has 3 nitrogen and oxygen atoms in total. The van der Waals surface area contributed by atoms with Crippen molar-refractivity contribution < 1.29 is 4.79 Å². The fourth-order valence-corrected chi connectivity index (χ4v) is 2.62. The summed E-state index contributed by atoms with van der Waals surface area (Å²) in [6.45, 7) is 4.70. The second-order valence-corrected chi connectivity index (χ2v) is 5.13. The normalized spacial score (nSPS) is 23.6. The van der Waals surface area contributed by atoms with Crippen LogP contribution in [0.2, 0.25) is 0 Å². The molecule has 17 heavy (non-hydrogen) atoms. The van der Waals surface area contributed by atoms with Gasteiger partial charge >= 0.3 is 0 Å². The van der Waals surface area contributed by atoms with Gasteiger partial charge < -0.3 is 5.32 Å². The first-order valence-electron chi connectivity index (χ1n) is 7.01. The van der Waals surface area contributed by atoms with Crippen LogP contribution >= 0.6 is 0 Å². The minimum Gasteiger partial charge on any atom is -0.314 e. The van der Waals surface area contributed by atoms with Gasteiger partial charge in [0.2, 0.25) is 0 Å². The standard InChI is InChI=1S/C14H24N2O/c17-14(12-16-10-8-15-9-11-16)13-6-4-2-1-3-5-7-13/h6,15H,1-5,7-12H2. The van der Waals surface area contributed by atoms with Crippen molar-refractivity contribution in [1.29, 1.82) is 0 Å². The van der Waals surface area contributed by atoms with Crippen molar-refractivity contribution in [2.75, 3.05) is 32.7 Å². The summed E-state index contributed by atoms with van der Waals surface area (Å²) in [5.74, 6) is 0.369. The van der Waals surface area contributed by atoms with Crippen molar-refractivity contribution in [3.8, 4) is 0 Å². The van der Waals surface area contributed by atoms with Gasteiger partial charge in [-0.2, -0.15) is 0 Å². The molecule has 96 valence electrons. The Labute approximate surface area is 104 Å². The van der Waals surface area contributed by atoms with Gasteiger partial charge in [0.05, 0.1) is 6.54 Å². The third-order valence-corrected chi connectivity index (χ3v) is 3.73. The van der Waals surface area contributed by atoms with Gasteiger partial charge in [-0.3, -0.25) is 9.69 Å². The van der Waals surface area contributed by atoms with Crippen LogP contribution in [0.3, 0.4) is 0 Å². The highest BCUT2D eigenvalue weighted by Gasteiger charge is 2.16. The van der Waals surface area contributed by atoms with E-state index in [0.29, 0.717) is 12.3 Å². The Morgan fingerprint density at radius 3 is 2.76 bits per heavy atom. The number of carbonyl (C=O) groups is 1. The molecule has 2 rings (SSSR count).